The van der Waals surface area contributed by atoms with Crippen molar-refractivity contribution in [3.8, 4) is 5.75 Å². The molecule has 26 heavy (non-hydrogen) atoms. The summed E-state index contributed by atoms with van der Waals surface area (Å²) in [6.45, 7) is 0.527. The van der Waals surface area contributed by atoms with E-state index in [4.69, 9.17) is 4.74 Å². The topological polar surface area (TPSA) is 51.5 Å². The average Bonchev–Trinajstić information content (AvgIpc) is 3.02. The molecule has 0 spiro atoms. The summed E-state index contributed by atoms with van der Waals surface area (Å²) < 4.78 is 59.6. The van der Waals surface area contributed by atoms with Crippen LogP contribution < -0.4 is 4.74 Å². The van der Waals surface area contributed by atoms with E-state index in [9.17, 15) is 17.2 Å². The Hall–Kier alpha value is -2.45. The van der Waals surface area contributed by atoms with E-state index < -0.39 is 26.6 Å². The highest BCUT2D eigenvalue weighted by Gasteiger charge is 2.25. The van der Waals surface area contributed by atoms with Crippen molar-refractivity contribution in [1.82, 2.24) is 8.87 Å². The van der Waals surface area contributed by atoms with E-state index in [0.717, 1.165) is 21.7 Å². The molecule has 0 saturated carbocycles. The molecule has 0 aliphatic rings. The van der Waals surface area contributed by atoms with E-state index in [1.807, 2.05) is 19.0 Å². The molecule has 5 nitrogen and oxygen atoms in total. The van der Waals surface area contributed by atoms with Crippen LogP contribution in [0, 0.1) is 11.6 Å². The molecule has 138 valence electrons. The molecule has 2 aromatic carbocycles. The Labute approximate surface area is 150 Å². The molecular weight excluding hydrogens is 362 g/mol. The quantitative estimate of drug-likeness (QED) is 0.682. The summed E-state index contributed by atoms with van der Waals surface area (Å²) in [5, 5.41) is 0.665. The van der Waals surface area contributed by atoms with Crippen molar-refractivity contribution < 1.29 is 21.9 Å². The summed E-state index contributed by atoms with van der Waals surface area (Å²) in [6.07, 6.45) is 1.34. The Morgan fingerprint density at radius 2 is 1.85 bits per heavy atom. The smallest absolute Gasteiger partial charge is 0.271 e. The van der Waals surface area contributed by atoms with Gasteiger partial charge < -0.3 is 9.64 Å². The number of aromatic nitrogens is 1. The van der Waals surface area contributed by atoms with Crippen molar-refractivity contribution in [2.24, 2.45) is 0 Å². The molecule has 3 aromatic rings. The van der Waals surface area contributed by atoms with Gasteiger partial charge in [-0.05, 0) is 50.5 Å². The number of hydrogen-bond acceptors (Lipinski definition) is 4. The van der Waals surface area contributed by atoms with Crippen molar-refractivity contribution in [1.29, 1.82) is 0 Å². The number of hydrogen-bond donors (Lipinski definition) is 0. The maximum atomic E-state index is 14.0. The maximum absolute atomic E-state index is 14.0. The van der Waals surface area contributed by atoms with Crippen molar-refractivity contribution in [2.45, 2.75) is 11.4 Å². The lowest BCUT2D eigenvalue weighted by atomic mass is 10.1. The molecular formula is C18H18F2N2O3S. The predicted octanol–water partition coefficient (Wildman–Crippen LogP) is 3.23. The summed E-state index contributed by atoms with van der Waals surface area (Å²) in [6, 6.07) is 7.24. The molecule has 0 atom stereocenters. The van der Waals surface area contributed by atoms with Crippen LogP contribution in [0.25, 0.3) is 10.9 Å². The second kappa shape index (κ2) is 6.69. The zero-order valence-corrected chi connectivity index (χ0v) is 15.3. The van der Waals surface area contributed by atoms with Crippen LogP contribution in [0.1, 0.15) is 5.56 Å². The number of fused-ring (bicyclic) bond motifs is 1. The molecule has 0 amide bonds. The zero-order valence-electron chi connectivity index (χ0n) is 14.5. The van der Waals surface area contributed by atoms with E-state index >= 15 is 0 Å². The summed E-state index contributed by atoms with van der Waals surface area (Å²) in [7, 11) is 1.01. The summed E-state index contributed by atoms with van der Waals surface area (Å²) in [5.41, 5.74) is 1.18. The van der Waals surface area contributed by atoms with Crippen LogP contribution in [0.2, 0.25) is 0 Å². The van der Waals surface area contributed by atoms with Crippen molar-refractivity contribution in [3.05, 3.63) is 59.8 Å². The number of halogens is 2. The van der Waals surface area contributed by atoms with Crippen LogP contribution in [0.5, 0.6) is 5.75 Å². The Balaban J connectivity index is 2.25. The minimum absolute atomic E-state index is 0.367. The first kappa shape index (κ1) is 18.3. The molecule has 0 unspecified atom stereocenters. The van der Waals surface area contributed by atoms with E-state index in [1.165, 1.54) is 13.3 Å². The second-order valence-electron chi connectivity index (χ2n) is 6.11. The third kappa shape index (κ3) is 3.06. The molecule has 0 fully saturated rings. The minimum Gasteiger partial charge on any atom is -0.496 e. The Bertz CT molecular complexity index is 1080. The third-order valence-corrected chi connectivity index (χ3v) is 5.73. The molecule has 0 aliphatic heterocycles. The SMILES string of the molecule is COc1ccc2c(ccn2S(=O)(=O)c2cc(F)ccc2F)c1CN(C)C. The lowest BCUT2D eigenvalue weighted by molar-refractivity contribution is 0.374. The van der Waals surface area contributed by atoms with Crippen molar-refractivity contribution in [3.63, 3.8) is 0 Å². The van der Waals surface area contributed by atoms with Crippen molar-refractivity contribution >= 4 is 20.9 Å². The fourth-order valence-electron chi connectivity index (χ4n) is 2.89. The predicted molar refractivity (Wildman–Crippen MR) is 94.8 cm³/mol. The first-order chi connectivity index (χ1) is 12.3. The van der Waals surface area contributed by atoms with Gasteiger partial charge in [-0.25, -0.2) is 21.2 Å². The Morgan fingerprint density at radius 1 is 1.12 bits per heavy atom. The lowest BCUT2D eigenvalue weighted by Gasteiger charge is -2.15. The number of benzene rings is 2. The Morgan fingerprint density at radius 3 is 2.50 bits per heavy atom. The maximum Gasteiger partial charge on any atom is 0.271 e. The molecule has 8 heteroatoms. The van der Waals surface area contributed by atoms with E-state index in [-0.39, 0.29) is 0 Å². The Kier molecular flexibility index (Phi) is 4.72. The summed E-state index contributed by atoms with van der Waals surface area (Å²) >= 11 is 0. The molecule has 0 aliphatic carbocycles. The van der Waals surface area contributed by atoms with Crippen LogP contribution in [0.4, 0.5) is 8.78 Å². The molecule has 1 heterocycles. The molecule has 0 bridgehead atoms. The van der Waals surface area contributed by atoms with Crippen LogP contribution in [-0.4, -0.2) is 38.5 Å². The highest BCUT2D eigenvalue weighted by Crippen LogP contribution is 2.32. The molecule has 3 rings (SSSR count). The average molecular weight is 380 g/mol. The number of methoxy groups -OCH3 is 1. The molecule has 0 saturated heterocycles. The highest BCUT2D eigenvalue weighted by atomic mass is 32.2. The lowest BCUT2D eigenvalue weighted by Crippen LogP contribution is -2.14. The summed E-state index contributed by atoms with van der Waals surface area (Å²) in [5.74, 6) is -1.20. The van der Waals surface area contributed by atoms with Gasteiger partial charge in [-0.1, -0.05) is 0 Å². The van der Waals surface area contributed by atoms with Gasteiger partial charge in [-0.2, -0.15) is 0 Å². The summed E-state index contributed by atoms with van der Waals surface area (Å²) in [4.78, 5) is 1.22. The van der Waals surface area contributed by atoms with E-state index in [2.05, 4.69) is 0 Å². The van der Waals surface area contributed by atoms with Gasteiger partial charge in [0.1, 0.15) is 22.3 Å². The first-order valence-corrected chi connectivity index (χ1v) is 9.22. The largest absolute Gasteiger partial charge is 0.496 e. The standard InChI is InChI=1S/C18H18F2N2O3S/c1-21(2)11-14-13-8-9-22(16(13)6-7-17(14)25-3)26(23,24)18-10-12(19)4-5-15(18)20/h4-10H,11H2,1-3H3. The van der Waals surface area contributed by atoms with Crippen molar-refractivity contribution in [2.75, 3.05) is 21.2 Å². The molecule has 0 radical (unpaired) electrons. The highest BCUT2D eigenvalue weighted by molar-refractivity contribution is 7.90. The van der Waals surface area contributed by atoms with Crippen LogP contribution >= 0.6 is 0 Å². The van der Waals surface area contributed by atoms with E-state index in [0.29, 0.717) is 29.3 Å². The van der Waals surface area contributed by atoms with Gasteiger partial charge in [-0.15, -0.1) is 0 Å². The van der Waals surface area contributed by atoms with Gasteiger partial charge in [-0.3, -0.25) is 0 Å². The van der Waals surface area contributed by atoms with E-state index in [1.54, 1.807) is 18.2 Å². The fourth-order valence-corrected chi connectivity index (χ4v) is 4.32. The monoisotopic (exact) mass is 380 g/mol. The van der Waals surface area contributed by atoms with Gasteiger partial charge >= 0.3 is 0 Å². The normalized spacial score (nSPS) is 12.1. The van der Waals surface area contributed by atoms with Crippen LogP contribution in [0.15, 0.2) is 47.5 Å². The number of nitrogens with zero attached hydrogens (tertiary/aromatic N) is 2. The molecule has 1 aromatic heterocycles. The number of rotatable bonds is 5. The fraction of sp³-hybridized carbons (Fsp3) is 0.222. The zero-order chi connectivity index (χ0) is 19.1. The van der Waals surface area contributed by atoms with Crippen LogP contribution in [0.3, 0.4) is 0 Å². The van der Waals surface area contributed by atoms with Gasteiger partial charge in [0.25, 0.3) is 10.0 Å². The van der Waals surface area contributed by atoms with Crippen LogP contribution in [-0.2, 0) is 16.6 Å². The minimum atomic E-state index is -4.29. The van der Waals surface area contributed by atoms with Gasteiger partial charge in [0, 0.05) is 23.7 Å². The van der Waals surface area contributed by atoms with Gasteiger partial charge in [0.2, 0.25) is 0 Å². The first-order valence-electron chi connectivity index (χ1n) is 7.78. The third-order valence-electron chi connectivity index (χ3n) is 4.03. The van der Waals surface area contributed by atoms with Gasteiger partial charge in [0.15, 0.2) is 0 Å². The molecule has 0 N–H and O–H groups in total. The number of ether oxygens (including phenoxy) is 1. The van der Waals surface area contributed by atoms with Gasteiger partial charge in [0.05, 0.1) is 12.6 Å². The second-order valence-corrected chi connectivity index (χ2v) is 7.89.